The van der Waals surface area contributed by atoms with E-state index in [4.69, 9.17) is 16.3 Å². The van der Waals surface area contributed by atoms with Crippen LogP contribution < -0.4 is 4.74 Å². The molecule has 2 aromatic rings. The summed E-state index contributed by atoms with van der Waals surface area (Å²) in [5, 5.41) is 1.56. The maximum absolute atomic E-state index is 5.98. The van der Waals surface area contributed by atoms with Crippen LogP contribution in [0.5, 0.6) is 5.75 Å². The van der Waals surface area contributed by atoms with Gasteiger partial charge < -0.3 is 4.74 Å². The van der Waals surface area contributed by atoms with E-state index >= 15 is 0 Å². The van der Waals surface area contributed by atoms with Gasteiger partial charge in [-0.2, -0.15) is 0 Å². The minimum Gasteiger partial charge on any atom is -0.493 e. The Hall–Kier alpha value is -1.26. The van der Waals surface area contributed by atoms with E-state index in [-0.39, 0.29) is 0 Å². The summed E-state index contributed by atoms with van der Waals surface area (Å²) in [5.74, 6) is 1.65. The Balaban J connectivity index is 1.82. The molecule has 0 N–H and O–H groups in total. The fourth-order valence-corrected chi connectivity index (χ4v) is 2.64. The zero-order chi connectivity index (χ0) is 14.5. The molecule has 106 valence electrons. The van der Waals surface area contributed by atoms with Crippen molar-refractivity contribution in [3.05, 3.63) is 46.2 Å². The fraction of sp³-hybridized carbons (Fsp3) is 0.333. The third-order valence-corrected chi connectivity index (χ3v) is 3.91. The molecule has 0 aliphatic heterocycles. The minimum absolute atomic E-state index is 0.613. The number of aryl methyl sites for hydroxylation is 3. The first-order valence-corrected chi connectivity index (χ1v) is 7.75. The first kappa shape index (κ1) is 15.1. The normalized spacial score (nSPS) is 10.6. The lowest BCUT2D eigenvalue weighted by molar-refractivity contribution is 0.343. The van der Waals surface area contributed by atoms with Gasteiger partial charge in [0.2, 0.25) is 0 Å². The van der Waals surface area contributed by atoms with E-state index in [1.807, 2.05) is 45.0 Å². The van der Waals surface area contributed by atoms with Crippen LogP contribution >= 0.6 is 23.4 Å². The Bertz CT molecular complexity index is 584. The van der Waals surface area contributed by atoms with Crippen molar-refractivity contribution in [1.82, 2.24) is 9.97 Å². The number of ether oxygens (including phenoxy) is 1. The average molecular weight is 309 g/mol. The van der Waals surface area contributed by atoms with Crippen molar-refractivity contribution in [3.8, 4) is 5.75 Å². The molecule has 0 bridgehead atoms. The molecule has 0 radical (unpaired) electrons. The molecule has 0 aliphatic carbocycles. The SMILES string of the molecule is Cc1cc(C)nc(SCCOc2ccc(Cl)c(C)c2)n1. The van der Waals surface area contributed by atoms with Crippen molar-refractivity contribution in [1.29, 1.82) is 0 Å². The highest BCUT2D eigenvalue weighted by molar-refractivity contribution is 7.99. The quantitative estimate of drug-likeness (QED) is 0.470. The van der Waals surface area contributed by atoms with E-state index in [0.717, 1.165) is 38.6 Å². The van der Waals surface area contributed by atoms with Crippen LogP contribution in [-0.4, -0.2) is 22.3 Å². The van der Waals surface area contributed by atoms with Crippen LogP contribution in [0, 0.1) is 20.8 Å². The number of halogens is 1. The maximum Gasteiger partial charge on any atom is 0.188 e. The van der Waals surface area contributed by atoms with Crippen molar-refractivity contribution in [2.75, 3.05) is 12.4 Å². The molecule has 5 heteroatoms. The molecule has 0 spiro atoms. The number of rotatable bonds is 5. The second kappa shape index (κ2) is 6.95. The molecule has 0 amide bonds. The van der Waals surface area contributed by atoms with Gasteiger partial charge in [-0.05, 0) is 50.6 Å². The standard InChI is InChI=1S/C15H17ClN2OS/c1-10-8-13(4-5-14(10)16)19-6-7-20-15-17-11(2)9-12(3)18-15/h4-5,8-9H,6-7H2,1-3H3. The van der Waals surface area contributed by atoms with Gasteiger partial charge in [-0.3, -0.25) is 0 Å². The monoisotopic (exact) mass is 308 g/mol. The van der Waals surface area contributed by atoms with E-state index in [2.05, 4.69) is 9.97 Å². The van der Waals surface area contributed by atoms with Crippen molar-refractivity contribution < 1.29 is 4.74 Å². The highest BCUT2D eigenvalue weighted by atomic mass is 35.5. The molecular weight excluding hydrogens is 292 g/mol. The zero-order valence-electron chi connectivity index (χ0n) is 11.8. The van der Waals surface area contributed by atoms with Crippen molar-refractivity contribution in [2.45, 2.75) is 25.9 Å². The summed E-state index contributed by atoms with van der Waals surface area (Å²) < 4.78 is 5.69. The van der Waals surface area contributed by atoms with Gasteiger partial charge in [0.25, 0.3) is 0 Å². The highest BCUT2D eigenvalue weighted by Gasteiger charge is 2.02. The first-order valence-electron chi connectivity index (χ1n) is 6.38. The van der Waals surface area contributed by atoms with Crippen molar-refractivity contribution in [2.24, 2.45) is 0 Å². The molecule has 0 atom stereocenters. The van der Waals surface area contributed by atoms with Gasteiger partial charge in [0.15, 0.2) is 5.16 Å². The van der Waals surface area contributed by atoms with Crippen LogP contribution in [0.4, 0.5) is 0 Å². The van der Waals surface area contributed by atoms with Crippen LogP contribution in [0.2, 0.25) is 5.02 Å². The Morgan fingerprint density at radius 2 is 1.80 bits per heavy atom. The summed E-state index contributed by atoms with van der Waals surface area (Å²) in [4.78, 5) is 8.77. The summed E-state index contributed by atoms with van der Waals surface area (Å²) in [6.07, 6.45) is 0. The van der Waals surface area contributed by atoms with Crippen molar-refractivity contribution >= 4 is 23.4 Å². The van der Waals surface area contributed by atoms with Crippen molar-refractivity contribution in [3.63, 3.8) is 0 Å². The highest BCUT2D eigenvalue weighted by Crippen LogP contribution is 2.21. The molecule has 0 saturated carbocycles. The molecule has 1 aromatic carbocycles. The van der Waals surface area contributed by atoms with Crippen LogP contribution in [-0.2, 0) is 0 Å². The van der Waals surface area contributed by atoms with Gasteiger partial charge >= 0.3 is 0 Å². The Morgan fingerprint density at radius 1 is 1.10 bits per heavy atom. The van der Waals surface area contributed by atoms with Crippen LogP contribution in [0.15, 0.2) is 29.4 Å². The molecule has 2 rings (SSSR count). The molecule has 0 saturated heterocycles. The lowest BCUT2D eigenvalue weighted by Gasteiger charge is -2.07. The molecule has 3 nitrogen and oxygen atoms in total. The molecule has 1 aromatic heterocycles. The average Bonchev–Trinajstić information content (AvgIpc) is 2.38. The third kappa shape index (κ3) is 4.39. The smallest absolute Gasteiger partial charge is 0.188 e. The number of hydrogen-bond donors (Lipinski definition) is 0. The summed E-state index contributed by atoms with van der Waals surface area (Å²) in [5.41, 5.74) is 3.01. The predicted molar refractivity (Wildman–Crippen MR) is 83.9 cm³/mol. The summed E-state index contributed by atoms with van der Waals surface area (Å²) in [7, 11) is 0. The molecule has 20 heavy (non-hydrogen) atoms. The van der Waals surface area contributed by atoms with Gasteiger partial charge in [0, 0.05) is 22.2 Å². The first-order chi connectivity index (χ1) is 9.54. The number of hydrogen-bond acceptors (Lipinski definition) is 4. The van der Waals surface area contributed by atoms with Gasteiger partial charge in [-0.25, -0.2) is 9.97 Å². The summed E-state index contributed by atoms with van der Waals surface area (Å²) in [6, 6.07) is 7.65. The van der Waals surface area contributed by atoms with Gasteiger partial charge in [-0.1, -0.05) is 23.4 Å². The van der Waals surface area contributed by atoms with Gasteiger partial charge in [-0.15, -0.1) is 0 Å². The number of thioether (sulfide) groups is 1. The topological polar surface area (TPSA) is 35.0 Å². The Morgan fingerprint density at radius 3 is 2.45 bits per heavy atom. The maximum atomic E-state index is 5.98. The van der Waals surface area contributed by atoms with E-state index < -0.39 is 0 Å². The van der Waals surface area contributed by atoms with Gasteiger partial charge in [0.1, 0.15) is 5.75 Å². The van der Waals surface area contributed by atoms with Crippen LogP contribution in [0.3, 0.4) is 0 Å². The number of nitrogens with zero attached hydrogens (tertiary/aromatic N) is 2. The second-order valence-corrected chi connectivity index (χ2v) is 6.01. The summed E-state index contributed by atoms with van der Waals surface area (Å²) in [6.45, 7) is 6.53. The van der Waals surface area contributed by atoms with E-state index in [0.29, 0.717) is 6.61 Å². The third-order valence-electron chi connectivity index (χ3n) is 2.67. The molecule has 0 aliphatic rings. The molecule has 0 unspecified atom stereocenters. The second-order valence-electron chi connectivity index (χ2n) is 4.54. The van der Waals surface area contributed by atoms with Crippen LogP contribution in [0.25, 0.3) is 0 Å². The zero-order valence-corrected chi connectivity index (χ0v) is 13.4. The molecule has 0 fully saturated rings. The summed E-state index contributed by atoms with van der Waals surface area (Å²) >= 11 is 7.58. The van der Waals surface area contributed by atoms with Crippen LogP contribution in [0.1, 0.15) is 17.0 Å². The number of benzene rings is 1. The number of aromatic nitrogens is 2. The predicted octanol–water partition coefficient (Wildman–Crippen LogP) is 4.23. The van der Waals surface area contributed by atoms with Gasteiger partial charge in [0.05, 0.1) is 6.61 Å². The minimum atomic E-state index is 0.613. The Labute approximate surface area is 128 Å². The largest absolute Gasteiger partial charge is 0.493 e. The lowest BCUT2D eigenvalue weighted by Crippen LogP contribution is -2.02. The van der Waals surface area contributed by atoms with E-state index in [9.17, 15) is 0 Å². The van der Waals surface area contributed by atoms with E-state index in [1.54, 1.807) is 11.8 Å². The fourth-order valence-electron chi connectivity index (χ4n) is 1.76. The molecular formula is C15H17ClN2OS. The lowest BCUT2D eigenvalue weighted by atomic mass is 10.2. The van der Waals surface area contributed by atoms with E-state index in [1.165, 1.54) is 0 Å². The Kier molecular flexibility index (Phi) is 5.26. The molecule has 1 heterocycles.